The van der Waals surface area contributed by atoms with E-state index in [9.17, 15) is 0 Å². The minimum Gasteiger partial charge on any atom is -0.328 e. The van der Waals surface area contributed by atoms with Crippen LogP contribution in [0.4, 0.5) is 0 Å². The molecule has 0 radical (unpaired) electrons. The molecule has 0 aliphatic carbocycles. The Morgan fingerprint density at radius 3 is 2.08 bits per heavy atom. The molecule has 80 valence electrons. The van der Waals surface area contributed by atoms with Gasteiger partial charge in [0.15, 0.2) is 0 Å². The molecule has 0 aliphatic heterocycles. The summed E-state index contributed by atoms with van der Waals surface area (Å²) >= 11 is 0. The fraction of sp³-hybridized carbons (Fsp3) is 1.00. The smallest absolute Gasteiger partial charge is 0.00663 e. The molecule has 0 rings (SSSR count). The summed E-state index contributed by atoms with van der Waals surface area (Å²) in [5, 5.41) is 0. The lowest BCUT2D eigenvalue weighted by atomic mass is 10.0. The van der Waals surface area contributed by atoms with Crippen molar-refractivity contribution in [2.24, 2.45) is 11.7 Å². The van der Waals surface area contributed by atoms with Gasteiger partial charge in [-0.15, -0.1) is 0 Å². The van der Waals surface area contributed by atoms with Gasteiger partial charge in [-0.25, -0.2) is 0 Å². The van der Waals surface area contributed by atoms with Gasteiger partial charge < -0.3 is 10.6 Å². The normalized spacial score (nSPS) is 16.6. The van der Waals surface area contributed by atoms with E-state index in [1.165, 1.54) is 6.42 Å². The Balaban J connectivity index is 3.62. The van der Waals surface area contributed by atoms with Gasteiger partial charge in [0.1, 0.15) is 0 Å². The lowest BCUT2D eigenvalue weighted by molar-refractivity contribution is 0.222. The molecular weight excluding hydrogens is 160 g/mol. The summed E-state index contributed by atoms with van der Waals surface area (Å²) < 4.78 is 0. The van der Waals surface area contributed by atoms with Crippen LogP contribution in [-0.4, -0.2) is 30.6 Å². The van der Waals surface area contributed by atoms with Gasteiger partial charge in [0.2, 0.25) is 0 Å². The largest absolute Gasteiger partial charge is 0.328 e. The maximum absolute atomic E-state index is 5.72. The molecule has 0 saturated heterocycles. The Kier molecular flexibility index (Phi) is 6.35. The average Bonchev–Trinajstić information content (AvgIpc) is 1.98. The first-order valence-corrected chi connectivity index (χ1v) is 5.39. The Bertz CT molecular complexity index is 121. The highest BCUT2D eigenvalue weighted by Crippen LogP contribution is 2.09. The Morgan fingerprint density at radius 2 is 1.69 bits per heavy atom. The van der Waals surface area contributed by atoms with Gasteiger partial charge in [0, 0.05) is 12.1 Å². The van der Waals surface area contributed by atoms with E-state index in [4.69, 9.17) is 5.73 Å². The lowest BCUT2D eigenvalue weighted by Crippen LogP contribution is -2.33. The Morgan fingerprint density at radius 1 is 1.15 bits per heavy atom. The Hall–Kier alpha value is -0.0800. The van der Waals surface area contributed by atoms with Crippen LogP contribution in [0.25, 0.3) is 0 Å². The molecule has 13 heavy (non-hydrogen) atoms. The molecule has 0 fully saturated rings. The molecule has 0 aromatic heterocycles. The molecule has 0 spiro atoms. The molecule has 0 bridgehead atoms. The highest BCUT2D eigenvalue weighted by Gasteiger charge is 2.10. The Labute approximate surface area is 83.5 Å². The fourth-order valence-electron chi connectivity index (χ4n) is 1.49. The van der Waals surface area contributed by atoms with Crippen molar-refractivity contribution >= 4 is 0 Å². The average molecular weight is 186 g/mol. The van der Waals surface area contributed by atoms with E-state index in [1.807, 2.05) is 0 Å². The number of hydrogen-bond donors (Lipinski definition) is 1. The third kappa shape index (κ3) is 7.03. The quantitative estimate of drug-likeness (QED) is 0.688. The zero-order chi connectivity index (χ0) is 10.4. The second-order valence-electron chi connectivity index (χ2n) is 4.73. The van der Waals surface area contributed by atoms with Crippen molar-refractivity contribution in [1.82, 2.24) is 4.90 Å². The highest BCUT2D eigenvalue weighted by molar-refractivity contribution is 4.66. The van der Waals surface area contributed by atoms with E-state index in [-0.39, 0.29) is 0 Å². The standard InChI is InChI=1S/C11H26N2/c1-9(2)8-11(4)13(5)7-6-10(3)12/h9-11H,6-8,12H2,1-5H3. The van der Waals surface area contributed by atoms with Gasteiger partial charge >= 0.3 is 0 Å². The zero-order valence-electron chi connectivity index (χ0n) is 9.88. The third-order valence-electron chi connectivity index (χ3n) is 2.50. The monoisotopic (exact) mass is 186 g/mol. The maximum atomic E-state index is 5.72. The predicted molar refractivity (Wildman–Crippen MR) is 59.8 cm³/mol. The van der Waals surface area contributed by atoms with E-state index in [1.54, 1.807) is 0 Å². The molecule has 0 aliphatic rings. The molecule has 2 heteroatoms. The summed E-state index contributed by atoms with van der Waals surface area (Å²) in [6, 6.07) is 1.01. The van der Waals surface area contributed by atoms with Crippen LogP contribution in [-0.2, 0) is 0 Å². The molecule has 0 amide bonds. The summed E-state index contributed by atoms with van der Waals surface area (Å²) in [6.07, 6.45) is 2.37. The molecule has 2 unspecified atom stereocenters. The first-order chi connectivity index (χ1) is 5.93. The van der Waals surface area contributed by atoms with Crippen LogP contribution in [0.1, 0.15) is 40.5 Å². The van der Waals surface area contributed by atoms with Crippen LogP contribution < -0.4 is 5.73 Å². The summed E-state index contributed by atoms with van der Waals surface area (Å²) in [5.41, 5.74) is 5.72. The van der Waals surface area contributed by atoms with Crippen molar-refractivity contribution in [2.45, 2.75) is 52.6 Å². The summed E-state index contributed by atoms with van der Waals surface area (Å²) in [4.78, 5) is 2.41. The minimum atomic E-state index is 0.327. The fourth-order valence-corrected chi connectivity index (χ4v) is 1.49. The van der Waals surface area contributed by atoms with E-state index < -0.39 is 0 Å². The van der Waals surface area contributed by atoms with Crippen LogP contribution in [0.15, 0.2) is 0 Å². The second kappa shape index (κ2) is 6.39. The van der Waals surface area contributed by atoms with Crippen LogP contribution in [0.2, 0.25) is 0 Å². The first-order valence-electron chi connectivity index (χ1n) is 5.39. The van der Waals surface area contributed by atoms with E-state index in [0.29, 0.717) is 12.1 Å². The summed E-state index contributed by atoms with van der Waals surface area (Å²) in [5.74, 6) is 0.785. The molecule has 2 atom stereocenters. The van der Waals surface area contributed by atoms with Crippen molar-refractivity contribution < 1.29 is 0 Å². The molecule has 0 saturated carbocycles. The second-order valence-corrected chi connectivity index (χ2v) is 4.73. The first kappa shape index (κ1) is 12.9. The van der Waals surface area contributed by atoms with Crippen LogP contribution >= 0.6 is 0 Å². The topological polar surface area (TPSA) is 29.3 Å². The van der Waals surface area contributed by atoms with Crippen molar-refractivity contribution in [1.29, 1.82) is 0 Å². The van der Waals surface area contributed by atoms with Gasteiger partial charge in [-0.05, 0) is 46.2 Å². The maximum Gasteiger partial charge on any atom is 0.00663 e. The van der Waals surface area contributed by atoms with Gasteiger partial charge in [0.05, 0.1) is 0 Å². The van der Waals surface area contributed by atoms with Gasteiger partial charge in [0.25, 0.3) is 0 Å². The van der Waals surface area contributed by atoms with Gasteiger partial charge in [-0.3, -0.25) is 0 Å². The number of rotatable bonds is 6. The number of nitrogens with zero attached hydrogens (tertiary/aromatic N) is 1. The number of hydrogen-bond acceptors (Lipinski definition) is 2. The third-order valence-corrected chi connectivity index (χ3v) is 2.50. The molecular formula is C11H26N2. The predicted octanol–water partition coefficient (Wildman–Crippen LogP) is 2.09. The summed E-state index contributed by atoms with van der Waals surface area (Å²) in [6.45, 7) is 10.0. The van der Waals surface area contributed by atoms with Crippen molar-refractivity contribution in [2.75, 3.05) is 13.6 Å². The van der Waals surface area contributed by atoms with Crippen molar-refractivity contribution in [3.63, 3.8) is 0 Å². The highest BCUT2D eigenvalue weighted by atomic mass is 15.1. The van der Waals surface area contributed by atoms with Gasteiger partial charge in [-0.2, -0.15) is 0 Å². The van der Waals surface area contributed by atoms with Crippen LogP contribution in [0, 0.1) is 5.92 Å². The lowest BCUT2D eigenvalue weighted by Gasteiger charge is -2.26. The molecule has 0 heterocycles. The van der Waals surface area contributed by atoms with Crippen molar-refractivity contribution in [3.8, 4) is 0 Å². The van der Waals surface area contributed by atoms with E-state index in [0.717, 1.165) is 18.9 Å². The van der Waals surface area contributed by atoms with E-state index in [2.05, 4.69) is 39.6 Å². The molecule has 0 aromatic rings. The zero-order valence-corrected chi connectivity index (χ0v) is 9.88. The number of nitrogens with two attached hydrogens (primary N) is 1. The minimum absolute atomic E-state index is 0.327. The molecule has 0 aromatic carbocycles. The van der Waals surface area contributed by atoms with Crippen molar-refractivity contribution in [3.05, 3.63) is 0 Å². The SMILES string of the molecule is CC(C)CC(C)N(C)CCC(C)N. The van der Waals surface area contributed by atoms with Crippen LogP contribution in [0.3, 0.4) is 0 Å². The van der Waals surface area contributed by atoms with Gasteiger partial charge in [-0.1, -0.05) is 13.8 Å². The van der Waals surface area contributed by atoms with E-state index >= 15 is 0 Å². The van der Waals surface area contributed by atoms with Crippen LogP contribution in [0.5, 0.6) is 0 Å². The summed E-state index contributed by atoms with van der Waals surface area (Å²) in [7, 11) is 2.19. The molecule has 2 N–H and O–H groups in total. The molecule has 2 nitrogen and oxygen atoms in total.